The number of piperidine rings is 1. The van der Waals surface area contributed by atoms with E-state index >= 15 is 0 Å². The van der Waals surface area contributed by atoms with E-state index < -0.39 is 0 Å². The van der Waals surface area contributed by atoms with Crippen molar-refractivity contribution in [3.63, 3.8) is 0 Å². The lowest BCUT2D eigenvalue weighted by Gasteiger charge is -2.32. The molecule has 0 bridgehead atoms. The second kappa shape index (κ2) is 7.75. The minimum absolute atomic E-state index is 0.370. The van der Waals surface area contributed by atoms with Gasteiger partial charge in [0.2, 0.25) is 0 Å². The largest absolute Gasteiger partial charge is 0.508 e. The van der Waals surface area contributed by atoms with E-state index in [1.54, 1.807) is 6.07 Å². The molecule has 4 rings (SSSR count). The molecule has 4 heteroatoms. The van der Waals surface area contributed by atoms with Gasteiger partial charge in [-0.1, -0.05) is 42.5 Å². The Kier molecular flexibility index (Phi) is 5.02. The number of likely N-dealkylation sites (tertiary alicyclic amines) is 1. The molecule has 0 aliphatic carbocycles. The third-order valence-electron chi connectivity index (χ3n) is 5.31. The Morgan fingerprint density at radius 2 is 1.77 bits per heavy atom. The van der Waals surface area contributed by atoms with Gasteiger partial charge in [0.05, 0.1) is 12.0 Å². The summed E-state index contributed by atoms with van der Waals surface area (Å²) in [5.41, 5.74) is 3.83. The highest BCUT2D eigenvalue weighted by Crippen LogP contribution is 2.30. The van der Waals surface area contributed by atoms with Gasteiger partial charge in [-0.15, -0.1) is 0 Å². The van der Waals surface area contributed by atoms with E-state index in [9.17, 15) is 5.11 Å². The zero-order chi connectivity index (χ0) is 17.8. The van der Waals surface area contributed by atoms with Gasteiger partial charge in [-0.3, -0.25) is 4.90 Å². The Hall–Kier alpha value is -2.59. The molecule has 2 heterocycles. The van der Waals surface area contributed by atoms with Crippen LogP contribution in [0.4, 0.5) is 0 Å². The highest BCUT2D eigenvalue weighted by molar-refractivity contribution is 5.30. The minimum atomic E-state index is 0.370. The summed E-state index contributed by atoms with van der Waals surface area (Å²) < 4.78 is 2.25. The third-order valence-corrected chi connectivity index (χ3v) is 5.31. The first-order valence-corrected chi connectivity index (χ1v) is 9.32. The average molecular weight is 347 g/mol. The van der Waals surface area contributed by atoms with Gasteiger partial charge in [0, 0.05) is 19.3 Å². The molecule has 1 N–H and O–H groups in total. The molecule has 134 valence electrons. The molecule has 1 aliphatic heterocycles. The summed E-state index contributed by atoms with van der Waals surface area (Å²) in [7, 11) is 0. The molecule has 1 fully saturated rings. The summed E-state index contributed by atoms with van der Waals surface area (Å²) in [5.74, 6) is 0.919. The van der Waals surface area contributed by atoms with Crippen LogP contribution in [0.3, 0.4) is 0 Å². The molecule has 1 saturated heterocycles. The molecule has 4 nitrogen and oxygen atoms in total. The van der Waals surface area contributed by atoms with Crippen molar-refractivity contribution in [2.24, 2.45) is 0 Å². The molecule has 0 spiro atoms. The van der Waals surface area contributed by atoms with E-state index in [1.165, 1.54) is 16.8 Å². The molecule has 0 atom stereocenters. The second-order valence-electron chi connectivity index (χ2n) is 7.14. The van der Waals surface area contributed by atoms with Crippen LogP contribution in [-0.4, -0.2) is 32.6 Å². The van der Waals surface area contributed by atoms with Crippen molar-refractivity contribution in [3.8, 4) is 5.75 Å². The fourth-order valence-corrected chi connectivity index (χ4v) is 3.83. The Morgan fingerprint density at radius 1 is 0.962 bits per heavy atom. The van der Waals surface area contributed by atoms with Crippen molar-refractivity contribution in [2.75, 3.05) is 13.1 Å². The maximum absolute atomic E-state index is 9.70. The predicted molar refractivity (Wildman–Crippen MR) is 103 cm³/mol. The molecule has 1 aromatic heterocycles. The van der Waals surface area contributed by atoms with E-state index in [4.69, 9.17) is 0 Å². The van der Waals surface area contributed by atoms with E-state index in [0.717, 1.165) is 39.0 Å². The number of imidazole rings is 1. The van der Waals surface area contributed by atoms with E-state index in [0.29, 0.717) is 11.7 Å². The third kappa shape index (κ3) is 3.97. The lowest BCUT2D eigenvalue weighted by Crippen LogP contribution is -2.33. The van der Waals surface area contributed by atoms with Crippen molar-refractivity contribution >= 4 is 0 Å². The van der Waals surface area contributed by atoms with Crippen LogP contribution >= 0.6 is 0 Å². The summed E-state index contributed by atoms with van der Waals surface area (Å²) in [6, 6.07) is 18.3. The number of rotatable bonds is 5. The Morgan fingerprint density at radius 3 is 2.54 bits per heavy atom. The molecule has 0 amide bonds. The summed E-state index contributed by atoms with van der Waals surface area (Å²) in [6.45, 7) is 3.98. The molecule has 0 saturated carbocycles. The van der Waals surface area contributed by atoms with Crippen molar-refractivity contribution in [1.82, 2.24) is 14.5 Å². The van der Waals surface area contributed by atoms with Crippen LogP contribution in [0.25, 0.3) is 0 Å². The topological polar surface area (TPSA) is 41.3 Å². The van der Waals surface area contributed by atoms with Crippen molar-refractivity contribution in [3.05, 3.63) is 83.9 Å². The molecular formula is C22H25N3O. The first kappa shape index (κ1) is 16.9. The molecule has 0 radical (unpaired) electrons. The highest BCUT2D eigenvalue weighted by Gasteiger charge is 2.21. The number of benzene rings is 2. The summed E-state index contributed by atoms with van der Waals surface area (Å²) in [4.78, 5) is 6.88. The summed E-state index contributed by atoms with van der Waals surface area (Å²) in [5, 5.41) is 9.70. The molecule has 0 unspecified atom stereocenters. The first-order valence-electron chi connectivity index (χ1n) is 9.32. The van der Waals surface area contributed by atoms with E-state index in [2.05, 4.69) is 50.8 Å². The van der Waals surface area contributed by atoms with Gasteiger partial charge in [0.1, 0.15) is 5.75 Å². The smallest absolute Gasteiger partial charge is 0.115 e. The van der Waals surface area contributed by atoms with Crippen LogP contribution < -0.4 is 0 Å². The minimum Gasteiger partial charge on any atom is -0.508 e. The number of nitrogens with zero attached hydrogens (tertiary/aromatic N) is 3. The fourth-order valence-electron chi connectivity index (χ4n) is 3.83. The van der Waals surface area contributed by atoms with Crippen LogP contribution in [-0.2, 0) is 13.1 Å². The van der Waals surface area contributed by atoms with Crippen LogP contribution in [0.5, 0.6) is 5.75 Å². The maximum atomic E-state index is 9.70. The van der Waals surface area contributed by atoms with E-state index in [-0.39, 0.29) is 0 Å². The molecular weight excluding hydrogens is 322 g/mol. The van der Waals surface area contributed by atoms with Gasteiger partial charge in [-0.25, -0.2) is 4.98 Å². The number of aromatic nitrogens is 2. The number of hydrogen-bond acceptors (Lipinski definition) is 3. The van der Waals surface area contributed by atoms with Crippen molar-refractivity contribution in [2.45, 2.75) is 31.8 Å². The maximum Gasteiger partial charge on any atom is 0.115 e. The standard InChI is InChI=1S/C22H25N3O/c26-22-8-4-7-20(13-22)19-9-11-24(12-10-19)16-21-14-23-17-25(21)15-18-5-2-1-3-6-18/h1-8,13-14,17,19,26H,9-12,15-16H2. The normalized spacial score (nSPS) is 16.0. The van der Waals surface area contributed by atoms with Gasteiger partial charge in [-0.05, 0) is 55.1 Å². The Bertz CT molecular complexity index is 835. The van der Waals surface area contributed by atoms with Crippen LogP contribution in [0.2, 0.25) is 0 Å². The highest BCUT2D eigenvalue weighted by atomic mass is 16.3. The molecule has 1 aliphatic rings. The van der Waals surface area contributed by atoms with Crippen molar-refractivity contribution in [1.29, 1.82) is 0 Å². The van der Waals surface area contributed by atoms with Gasteiger partial charge >= 0.3 is 0 Å². The number of phenols is 1. The lowest BCUT2D eigenvalue weighted by molar-refractivity contribution is 0.200. The summed E-state index contributed by atoms with van der Waals surface area (Å²) >= 11 is 0. The zero-order valence-electron chi connectivity index (χ0n) is 15.0. The fraction of sp³-hybridized carbons (Fsp3) is 0.318. The first-order chi connectivity index (χ1) is 12.8. The molecule has 2 aromatic carbocycles. The monoisotopic (exact) mass is 347 g/mol. The lowest BCUT2D eigenvalue weighted by atomic mass is 9.89. The molecule has 26 heavy (non-hydrogen) atoms. The predicted octanol–water partition coefficient (Wildman–Crippen LogP) is 4.02. The number of phenolic OH excluding ortho intramolecular Hbond substituents is 1. The quantitative estimate of drug-likeness (QED) is 0.758. The van der Waals surface area contributed by atoms with Gasteiger partial charge in [-0.2, -0.15) is 0 Å². The van der Waals surface area contributed by atoms with Crippen LogP contribution in [0, 0.1) is 0 Å². The van der Waals surface area contributed by atoms with Crippen molar-refractivity contribution < 1.29 is 5.11 Å². The molecule has 3 aromatic rings. The van der Waals surface area contributed by atoms with E-state index in [1.807, 2.05) is 24.7 Å². The average Bonchev–Trinajstić information content (AvgIpc) is 3.10. The van der Waals surface area contributed by atoms with Crippen LogP contribution in [0.15, 0.2) is 67.1 Å². The Labute approximate surface area is 154 Å². The summed E-state index contributed by atoms with van der Waals surface area (Å²) in [6.07, 6.45) is 6.19. The second-order valence-corrected chi connectivity index (χ2v) is 7.14. The van der Waals surface area contributed by atoms with Gasteiger partial charge in [0.25, 0.3) is 0 Å². The van der Waals surface area contributed by atoms with Gasteiger partial charge < -0.3 is 9.67 Å². The Balaban J connectivity index is 1.36. The number of hydrogen-bond donors (Lipinski definition) is 1. The zero-order valence-corrected chi connectivity index (χ0v) is 15.0. The van der Waals surface area contributed by atoms with Crippen LogP contribution in [0.1, 0.15) is 35.6 Å². The number of aromatic hydroxyl groups is 1. The SMILES string of the molecule is Oc1cccc(C2CCN(Cc3cncn3Cc3ccccc3)CC2)c1. The van der Waals surface area contributed by atoms with Gasteiger partial charge in [0.15, 0.2) is 0 Å².